The minimum absolute atomic E-state index is 0.0629. The number of nitrogens with one attached hydrogen (secondary N) is 1. The molecule has 7 heteroatoms. The van der Waals surface area contributed by atoms with Gasteiger partial charge in [0, 0.05) is 25.2 Å². The van der Waals surface area contributed by atoms with Crippen LogP contribution in [0.4, 0.5) is 13.2 Å². The SMILES string of the molecule is CC(NCc1cc(F)c(F)cc1F)c1nncn1C. The van der Waals surface area contributed by atoms with E-state index >= 15 is 0 Å². The van der Waals surface area contributed by atoms with E-state index in [1.165, 1.54) is 0 Å². The minimum Gasteiger partial charge on any atom is -0.319 e. The van der Waals surface area contributed by atoms with Gasteiger partial charge in [0.25, 0.3) is 0 Å². The second-order valence-corrected chi connectivity index (χ2v) is 4.26. The predicted octanol–water partition coefficient (Wildman–Crippen LogP) is 2.08. The lowest BCUT2D eigenvalue weighted by molar-refractivity contribution is 0.477. The van der Waals surface area contributed by atoms with Gasteiger partial charge in [-0.3, -0.25) is 0 Å². The third-order valence-electron chi connectivity index (χ3n) is 2.82. The van der Waals surface area contributed by atoms with Crippen LogP contribution in [0.15, 0.2) is 18.5 Å². The second-order valence-electron chi connectivity index (χ2n) is 4.26. The van der Waals surface area contributed by atoms with Gasteiger partial charge >= 0.3 is 0 Å². The first kappa shape index (κ1) is 13.5. The maximum absolute atomic E-state index is 13.4. The average molecular weight is 270 g/mol. The van der Waals surface area contributed by atoms with E-state index in [4.69, 9.17) is 0 Å². The lowest BCUT2D eigenvalue weighted by Crippen LogP contribution is -2.21. The molecule has 0 bridgehead atoms. The summed E-state index contributed by atoms with van der Waals surface area (Å²) in [5.41, 5.74) is 0.0629. The van der Waals surface area contributed by atoms with Crippen LogP contribution < -0.4 is 5.32 Å². The summed E-state index contributed by atoms with van der Waals surface area (Å²) in [7, 11) is 1.78. The maximum Gasteiger partial charge on any atom is 0.161 e. The van der Waals surface area contributed by atoms with Gasteiger partial charge in [0.1, 0.15) is 18.0 Å². The zero-order valence-electron chi connectivity index (χ0n) is 10.5. The fourth-order valence-corrected chi connectivity index (χ4v) is 1.74. The van der Waals surface area contributed by atoms with Crippen molar-refractivity contribution in [1.29, 1.82) is 0 Å². The van der Waals surface area contributed by atoms with Crippen molar-refractivity contribution >= 4 is 0 Å². The summed E-state index contributed by atoms with van der Waals surface area (Å²) in [6.45, 7) is 1.89. The van der Waals surface area contributed by atoms with Gasteiger partial charge < -0.3 is 9.88 Å². The van der Waals surface area contributed by atoms with Gasteiger partial charge in [-0.05, 0) is 13.0 Å². The van der Waals surface area contributed by atoms with E-state index in [1.54, 1.807) is 17.9 Å². The molecule has 0 aliphatic carbocycles. The number of rotatable bonds is 4. The Balaban J connectivity index is 2.07. The van der Waals surface area contributed by atoms with Crippen LogP contribution in [-0.2, 0) is 13.6 Å². The smallest absolute Gasteiger partial charge is 0.161 e. The summed E-state index contributed by atoms with van der Waals surface area (Å²) in [5, 5.41) is 10.6. The monoisotopic (exact) mass is 270 g/mol. The maximum atomic E-state index is 13.4. The van der Waals surface area contributed by atoms with Gasteiger partial charge in [0.15, 0.2) is 11.6 Å². The van der Waals surface area contributed by atoms with E-state index in [9.17, 15) is 13.2 Å². The van der Waals surface area contributed by atoms with Crippen LogP contribution >= 0.6 is 0 Å². The Bertz CT molecular complexity index is 582. The number of benzene rings is 1. The summed E-state index contributed by atoms with van der Waals surface area (Å²) in [6, 6.07) is 1.19. The molecular formula is C12H13F3N4. The predicted molar refractivity (Wildman–Crippen MR) is 62.6 cm³/mol. The molecule has 2 aromatic rings. The highest BCUT2D eigenvalue weighted by atomic mass is 19.2. The van der Waals surface area contributed by atoms with Crippen LogP contribution in [0, 0.1) is 17.5 Å². The summed E-state index contributed by atoms with van der Waals surface area (Å²) in [6.07, 6.45) is 1.55. The quantitative estimate of drug-likeness (QED) is 0.865. The molecule has 1 unspecified atom stereocenters. The van der Waals surface area contributed by atoms with Crippen molar-refractivity contribution in [2.75, 3.05) is 0 Å². The lowest BCUT2D eigenvalue weighted by atomic mass is 10.2. The molecular weight excluding hydrogens is 257 g/mol. The summed E-state index contributed by atoms with van der Waals surface area (Å²) >= 11 is 0. The molecule has 0 saturated heterocycles. The highest BCUT2D eigenvalue weighted by Crippen LogP contribution is 2.15. The molecule has 0 amide bonds. The molecule has 1 aromatic heterocycles. The van der Waals surface area contributed by atoms with Crippen LogP contribution in [0.3, 0.4) is 0 Å². The first-order valence-electron chi connectivity index (χ1n) is 5.69. The molecule has 1 atom stereocenters. The zero-order chi connectivity index (χ0) is 14.0. The highest BCUT2D eigenvalue weighted by molar-refractivity contribution is 5.20. The Kier molecular flexibility index (Phi) is 3.84. The Morgan fingerprint density at radius 1 is 1.21 bits per heavy atom. The molecule has 0 radical (unpaired) electrons. The van der Waals surface area contributed by atoms with Gasteiger partial charge in [-0.15, -0.1) is 10.2 Å². The first-order valence-corrected chi connectivity index (χ1v) is 5.69. The van der Waals surface area contributed by atoms with Crippen LogP contribution in [0.5, 0.6) is 0 Å². The van der Waals surface area contributed by atoms with Crippen molar-refractivity contribution in [2.45, 2.75) is 19.5 Å². The van der Waals surface area contributed by atoms with Crippen LogP contribution in [0.1, 0.15) is 24.4 Å². The standard InChI is InChI=1S/C12H13F3N4/c1-7(12-18-17-6-19(12)2)16-5-8-3-10(14)11(15)4-9(8)13/h3-4,6-7,16H,5H2,1-2H3. The van der Waals surface area contributed by atoms with Crippen molar-refractivity contribution in [3.63, 3.8) is 0 Å². The van der Waals surface area contributed by atoms with Gasteiger partial charge in [0.05, 0.1) is 6.04 Å². The summed E-state index contributed by atoms with van der Waals surface area (Å²) < 4.78 is 40.9. The number of aromatic nitrogens is 3. The third kappa shape index (κ3) is 2.93. The molecule has 0 aliphatic heterocycles. The van der Waals surface area contributed by atoms with Gasteiger partial charge in [-0.25, -0.2) is 13.2 Å². The Morgan fingerprint density at radius 2 is 1.89 bits per heavy atom. The molecule has 0 spiro atoms. The third-order valence-corrected chi connectivity index (χ3v) is 2.82. The van der Waals surface area contributed by atoms with Crippen LogP contribution in [0.2, 0.25) is 0 Å². The Hall–Kier alpha value is -1.89. The molecule has 0 fully saturated rings. The molecule has 2 rings (SSSR count). The van der Waals surface area contributed by atoms with Gasteiger partial charge in [-0.1, -0.05) is 0 Å². The van der Waals surface area contributed by atoms with E-state index < -0.39 is 17.5 Å². The Labute approximate surface area is 108 Å². The average Bonchev–Trinajstić information content (AvgIpc) is 2.78. The van der Waals surface area contributed by atoms with Gasteiger partial charge in [0.2, 0.25) is 0 Å². The number of hydrogen-bond acceptors (Lipinski definition) is 3. The highest BCUT2D eigenvalue weighted by Gasteiger charge is 2.13. The number of nitrogens with zero attached hydrogens (tertiary/aromatic N) is 3. The number of halogens is 3. The topological polar surface area (TPSA) is 42.7 Å². The van der Waals surface area contributed by atoms with Crippen LogP contribution in [0.25, 0.3) is 0 Å². The molecule has 4 nitrogen and oxygen atoms in total. The minimum atomic E-state index is -1.19. The van der Waals surface area contributed by atoms with Crippen LogP contribution in [-0.4, -0.2) is 14.8 Å². The van der Waals surface area contributed by atoms with Crippen molar-refractivity contribution in [3.05, 3.63) is 47.3 Å². The van der Waals surface area contributed by atoms with E-state index in [2.05, 4.69) is 15.5 Å². The van der Waals surface area contributed by atoms with E-state index in [0.717, 1.165) is 6.07 Å². The van der Waals surface area contributed by atoms with Crippen molar-refractivity contribution in [3.8, 4) is 0 Å². The van der Waals surface area contributed by atoms with E-state index in [-0.39, 0.29) is 18.2 Å². The van der Waals surface area contributed by atoms with E-state index in [0.29, 0.717) is 11.9 Å². The Morgan fingerprint density at radius 3 is 2.53 bits per heavy atom. The number of aryl methyl sites for hydroxylation is 1. The van der Waals surface area contributed by atoms with Crippen molar-refractivity contribution in [1.82, 2.24) is 20.1 Å². The molecule has 0 aliphatic rings. The molecule has 0 saturated carbocycles. The molecule has 102 valence electrons. The largest absolute Gasteiger partial charge is 0.319 e. The van der Waals surface area contributed by atoms with Crippen molar-refractivity contribution in [2.24, 2.45) is 7.05 Å². The molecule has 1 aromatic carbocycles. The van der Waals surface area contributed by atoms with Gasteiger partial charge in [-0.2, -0.15) is 0 Å². The number of hydrogen-bond donors (Lipinski definition) is 1. The fraction of sp³-hybridized carbons (Fsp3) is 0.333. The normalized spacial score (nSPS) is 12.7. The lowest BCUT2D eigenvalue weighted by Gasteiger charge is -2.13. The molecule has 1 heterocycles. The van der Waals surface area contributed by atoms with E-state index in [1.807, 2.05) is 6.92 Å². The molecule has 1 N–H and O–H groups in total. The fourth-order valence-electron chi connectivity index (χ4n) is 1.74. The van der Waals surface area contributed by atoms with Crippen molar-refractivity contribution < 1.29 is 13.2 Å². The zero-order valence-corrected chi connectivity index (χ0v) is 10.5. The summed E-state index contributed by atoms with van der Waals surface area (Å²) in [5.74, 6) is -2.37. The second kappa shape index (κ2) is 5.40. The first-order chi connectivity index (χ1) is 8.99. The summed E-state index contributed by atoms with van der Waals surface area (Å²) in [4.78, 5) is 0. The molecule has 19 heavy (non-hydrogen) atoms.